The van der Waals surface area contributed by atoms with Gasteiger partial charge in [0.05, 0.1) is 48.1 Å². The van der Waals surface area contributed by atoms with Crippen LogP contribution < -0.4 is 0 Å². The lowest BCUT2D eigenvalue weighted by atomic mass is 9.42. The molecule has 3 saturated heterocycles. The second-order valence-corrected chi connectivity index (χ2v) is 20.7. The van der Waals surface area contributed by atoms with Crippen molar-refractivity contribution < 1.29 is 77.4 Å². The molecular weight excluding hydrogens is 869 g/mol. The van der Waals surface area contributed by atoms with Gasteiger partial charge >= 0.3 is 5.97 Å². The summed E-state index contributed by atoms with van der Waals surface area (Å²) in [6, 6.07) is 9.31. The summed E-state index contributed by atoms with van der Waals surface area (Å²) in [4.78, 5) is 26.9. The van der Waals surface area contributed by atoms with Gasteiger partial charge in [0.1, 0.15) is 41.2 Å². The third kappa shape index (κ3) is 8.82. The molecule has 16 nitrogen and oxygen atoms in total. The first-order valence-corrected chi connectivity index (χ1v) is 24.3. The van der Waals surface area contributed by atoms with Gasteiger partial charge in [-0.15, -0.1) is 0 Å². The van der Waals surface area contributed by atoms with Gasteiger partial charge in [-0.1, -0.05) is 48.9 Å². The van der Waals surface area contributed by atoms with E-state index in [1.165, 1.54) is 13.0 Å². The lowest BCUT2D eigenvalue weighted by Crippen LogP contribution is -2.78. The Balaban J connectivity index is 0.922. The number of ketones is 1. The highest BCUT2D eigenvalue weighted by Crippen LogP contribution is 2.71. The van der Waals surface area contributed by atoms with Crippen molar-refractivity contribution in [2.45, 2.75) is 209 Å². The molecule has 3 heterocycles. The number of fused-ring (bicyclic) bond motifs is 5. The van der Waals surface area contributed by atoms with E-state index in [1.807, 2.05) is 50.3 Å². The van der Waals surface area contributed by atoms with Gasteiger partial charge in [0.2, 0.25) is 0 Å². The Morgan fingerprint density at radius 3 is 1.90 bits per heavy atom. The zero-order valence-corrected chi connectivity index (χ0v) is 40.5. The van der Waals surface area contributed by atoms with E-state index >= 15 is 0 Å². The van der Waals surface area contributed by atoms with Gasteiger partial charge in [0, 0.05) is 52.6 Å². The molecule has 8 rings (SSSR count). The summed E-state index contributed by atoms with van der Waals surface area (Å²) in [5.41, 5.74) is -6.17. The van der Waals surface area contributed by atoms with E-state index in [2.05, 4.69) is 6.92 Å². The van der Waals surface area contributed by atoms with Crippen LogP contribution in [0.2, 0.25) is 0 Å². The molecule has 0 spiro atoms. The SMILES string of the molecule is CO[C@H]1C[C@H](O[C@@H]2[C@H](C)O[C@@H](O[C@H]3[C@@H](OC)C[C@H](O[C@H]4CC[C@@]5(C)C(=CC[C@]6(O)[C@@H]5C[C@@H](OC(=O)/C=C/c5ccccc5)[C@@]5(C)[C@]6(O)CC[C@@]5(O)C(C)=O)C4)O[C@@H]3C)C[C@@H]2OC)O[C@H](C)[C@H]1O. The van der Waals surface area contributed by atoms with Gasteiger partial charge in [-0.2, -0.15) is 0 Å². The van der Waals surface area contributed by atoms with Gasteiger partial charge in [-0.05, 0) is 96.6 Å². The molecule has 67 heavy (non-hydrogen) atoms. The number of methoxy groups -OCH3 is 3. The molecule has 0 unspecified atom stereocenters. The van der Waals surface area contributed by atoms with Gasteiger partial charge in [0.25, 0.3) is 0 Å². The van der Waals surface area contributed by atoms with Crippen molar-refractivity contribution in [3.05, 3.63) is 53.6 Å². The summed E-state index contributed by atoms with van der Waals surface area (Å²) in [5.74, 6) is -1.78. The first-order valence-electron chi connectivity index (χ1n) is 24.3. The van der Waals surface area contributed by atoms with Gasteiger partial charge in [-0.25, -0.2) is 4.79 Å². The van der Waals surface area contributed by atoms with Crippen LogP contribution in [0.3, 0.4) is 0 Å². The lowest BCUT2D eigenvalue weighted by Gasteiger charge is -2.67. The maximum Gasteiger partial charge on any atom is 0.331 e. The zero-order chi connectivity index (χ0) is 48.3. The zero-order valence-electron chi connectivity index (χ0n) is 40.5. The van der Waals surface area contributed by atoms with E-state index in [4.69, 9.17) is 47.4 Å². The summed E-state index contributed by atoms with van der Waals surface area (Å²) in [6.45, 7) is 10.6. The van der Waals surface area contributed by atoms with E-state index in [-0.39, 0.29) is 44.0 Å². The molecule has 3 saturated carbocycles. The summed E-state index contributed by atoms with van der Waals surface area (Å²) in [5, 5.41) is 48.4. The maximum atomic E-state index is 13.6. The molecule has 20 atom stereocenters. The highest BCUT2D eigenvalue weighted by Gasteiger charge is 2.81. The molecule has 3 aliphatic heterocycles. The number of rotatable bonds is 13. The number of ether oxygens (including phenoxy) is 10. The molecule has 4 aliphatic carbocycles. The largest absolute Gasteiger partial charge is 0.458 e. The number of aliphatic hydroxyl groups is 4. The second kappa shape index (κ2) is 19.5. The van der Waals surface area contributed by atoms with Gasteiger partial charge in [0.15, 0.2) is 24.7 Å². The number of aliphatic hydroxyl groups excluding tert-OH is 1. The van der Waals surface area contributed by atoms with E-state index in [1.54, 1.807) is 41.3 Å². The van der Waals surface area contributed by atoms with E-state index in [0.29, 0.717) is 38.5 Å². The molecule has 0 amide bonds. The molecule has 16 heteroatoms. The Hall–Kier alpha value is -2.68. The Kier molecular flexibility index (Phi) is 14.8. The predicted molar refractivity (Wildman–Crippen MR) is 241 cm³/mol. The van der Waals surface area contributed by atoms with Gasteiger partial charge in [-0.3, -0.25) is 4.79 Å². The molecule has 374 valence electrons. The topological polar surface area (TPSA) is 207 Å². The fourth-order valence-electron chi connectivity index (χ4n) is 13.3. The highest BCUT2D eigenvalue weighted by atomic mass is 16.7. The summed E-state index contributed by atoms with van der Waals surface area (Å²) < 4.78 is 62.2. The van der Waals surface area contributed by atoms with Crippen molar-refractivity contribution in [1.82, 2.24) is 0 Å². The summed E-state index contributed by atoms with van der Waals surface area (Å²) in [6.07, 6.45) is 0.686. The predicted octanol–water partition coefficient (Wildman–Crippen LogP) is 4.70. The van der Waals surface area contributed by atoms with Crippen LogP contribution in [-0.4, -0.2) is 156 Å². The van der Waals surface area contributed by atoms with Crippen molar-refractivity contribution in [3.63, 3.8) is 0 Å². The monoisotopic (exact) mass is 942 g/mol. The maximum absolute atomic E-state index is 13.6. The molecule has 4 N–H and O–H groups in total. The number of carbonyl (C=O) groups is 2. The molecule has 0 bridgehead atoms. The lowest BCUT2D eigenvalue weighted by molar-refractivity contribution is -0.338. The molecule has 0 aromatic heterocycles. The molecule has 7 aliphatic rings. The smallest absolute Gasteiger partial charge is 0.331 e. The molecule has 6 fully saturated rings. The van der Waals surface area contributed by atoms with Crippen LogP contribution >= 0.6 is 0 Å². The minimum Gasteiger partial charge on any atom is -0.458 e. The van der Waals surface area contributed by atoms with Crippen LogP contribution in [0.5, 0.6) is 0 Å². The highest BCUT2D eigenvalue weighted by molar-refractivity contribution is 5.88. The average molecular weight is 943 g/mol. The molecule has 1 aromatic rings. The van der Waals surface area contributed by atoms with Crippen molar-refractivity contribution in [2.75, 3.05) is 21.3 Å². The third-order valence-corrected chi connectivity index (χ3v) is 17.4. The Morgan fingerprint density at radius 2 is 1.31 bits per heavy atom. The number of hydrogen-bond donors (Lipinski definition) is 4. The fraction of sp³-hybridized carbons (Fsp3) is 0.765. The van der Waals surface area contributed by atoms with Crippen LogP contribution in [0.4, 0.5) is 0 Å². The van der Waals surface area contributed by atoms with Gasteiger partial charge < -0.3 is 67.8 Å². The number of benzene rings is 1. The molecule has 1 aromatic carbocycles. The number of Topliss-reactive ketones (excluding diaryl/α,β-unsaturated/α-hetero) is 1. The van der Waals surface area contributed by atoms with E-state index < -0.39 is 113 Å². The van der Waals surface area contributed by atoms with Crippen molar-refractivity contribution >= 4 is 17.8 Å². The van der Waals surface area contributed by atoms with E-state index in [0.717, 1.165) is 11.1 Å². The Bertz CT molecular complexity index is 1980. The van der Waals surface area contributed by atoms with Crippen LogP contribution in [-0.2, 0) is 57.0 Å². The standard InChI is InChI=1S/C51H74O16/c1-28-44(54)35(58-7)24-42(61-28)66-46-30(3)63-43(26-37(46)60-9)67-45-29(2)62-41(25-36(45)59-8)64-34-18-19-47(5)33(23-34)17-20-50(56)38(47)27-39(65-40(53)16-15-32-13-11-10-12-14-32)48(6)49(55,31(4)52)21-22-51(48,50)57/h10-17,28-30,34-39,41-46,54-57H,18-27H2,1-9H3/b16-15+/t28-,29-,30+,34+,35+,36+,37+,38-,39-,41+,42+,43+,44-,45-,46-,47+,48-,49-,50+,51-/m1/s1. The normalized spacial score (nSPS) is 47.7. The van der Waals surface area contributed by atoms with Crippen molar-refractivity contribution in [1.29, 1.82) is 0 Å². The number of carbonyl (C=O) groups excluding carboxylic acids is 2. The summed E-state index contributed by atoms with van der Waals surface area (Å²) in [7, 11) is 4.84. The quantitative estimate of drug-likeness (QED) is 0.120. The Morgan fingerprint density at radius 1 is 0.746 bits per heavy atom. The van der Waals surface area contributed by atoms with Crippen LogP contribution in [0.25, 0.3) is 6.08 Å². The first kappa shape index (κ1) is 50.7. The molecular formula is C51H74O16. The third-order valence-electron chi connectivity index (χ3n) is 17.4. The van der Waals surface area contributed by atoms with E-state index in [9.17, 15) is 30.0 Å². The average Bonchev–Trinajstić information content (AvgIpc) is 3.53. The van der Waals surface area contributed by atoms with Crippen molar-refractivity contribution in [3.8, 4) is 0 Å². The van der Waals surface area contributed by atoms with Crippen LogP contribution in [0, 0.1) is 16.7 Å². The minimum absolute atomic E-state index is 0.0425. The van der Waals surface area contributed by atoms with Crippen molar-refractivity contribution in [2.24, 2.45) is 16.7 Å². The number of hydrogen-bond acceptors (Lipinski definition) is 16. The van der Waals surface area contributed by atoms with Crippen LogP contribution in [0.1, 0.15) is 111 Å². The fourth-order valence-corrected chi connectivity index (χ4v) is 13.3. The Labute approximate surface area is 394 Å². The summed E-state index contributed by atoms with van der Waals surface area (Å²) >= 11 is 0. The number of esters is 1. The molecule has 0 radical (unpaired) electrons. The minimum atomic E-state index is -2.04. The second-order valence-electron chi connectivity index (χ2n) is 20.7. The first-order chi connectivity index (χ1) is 31.7. The van der Waals surface area contributed by atoms with Crippen LogP contribution in [0.15, 0.2) is 48.1 Å².